The summed E-state index contributed by atoms with van der Waals surface area (Å²) in [6.45, 7) is 3.63. The van der Waals surface area contributed by atoms with Crippen molar-refractivity contribution in [3.63, 3.8) is 0 Å². The predicted octanol–water partition coefficient (Wildman–Crippen LogP) is 2.58. The number of benzene rings is 1. The summed E-state index contributed by atoms with van der Waals surface area (Å²) in [5.41, 5.74) is 1.04. The first-order valence-corrected chi connectivity index (χ1v) is 8.83. The van der Waals surface area contributed by atoms with Crippen molar-refractivity contribution in [2.45, 2.75) is 20.4 Å². The third-order valence-electron chi connectivity index (χ3n) is 3.69. The number of aryl methyl sites for hydroxylation is 1. The number of thiophene rings is 1. The molecule has 0 saturated carbocycles. The fourth-order valence-electron chi connectivity index (χ4n) is 2.49. The molecule has 0 aliphatic rings. The summed E-state index contributed by atoms with van der Waals surface area (Å²) in [6.07, 6.45) is 1.36. The zero-order chi connectivity index (χ0) is 18.7. The number of rotatable bonds is 5. The molecular weight excluding hydrogens is 354 g/mol. The van der Waals surface area contributed by atoms with E-state index in [4.69, 9.17) is 4.74 Å². The van der Waals surface area contributed by atoms with Gasteiger partial charge in [0.25, 0.3) is 5.56 Å². The highest BCUT2D eigenvalue weighted by molar-refractivity contribution is 7.18. The van der Waals surface area contributed by atoms with Crippen molar-refractivity contribution in [3.05, 3.63) is 57.5 Å². The second kappa shape index (κ2) is 7.49. The van der Waals surface area contributed by atoms with E-state index in [0.29, 0.717) is 20.8 Å². The van der Waals surface area contributed by atoms with E-state index < -0.39 is 5.97 Å². The molecule has 0 radical (unpaired) electrons. The van der Waals surface area contributed by atoms with Crippen LogP contribution >= 0.6 is 11.3 Å². The Kier molecular flexibility index (Phi) is 5.13. The van der Waals surface area contributed by atoms with E-state index in [1.807, 2.05) is 0 Å². The fourth-order valence-corrected chi connectivity index (χ4v) is 3.48. The molecule has 0 fully saturated rings. The molecule has 1 amide bonds. The quantitative estimate of drug-likeness (QED) is 0.696. The summed E-state index contributed by atoms with van der Waals surface area (Å²) < 4.78 is 6.24. The first-order chi connectivity index (χ1) is 12.5. The number of carbonyl (C=O) groups is 2. The van der Waals surface area contributed by atoms with Gasteiger partial charge in [0.15, 0.2) is 0 Å². The Labute approximate surface area is 153 Å². The number of anilines is 1. The standard InChI is InChI=1S/C18H17N3O4S/c1-3-25-18(24)16-11(2)8-15(26-16)20-14(22)9-21-10-19-13-7-5-4-6-12(13)17(21)23/h4-8,10H,3,9H2,1-2H3,(H,20,22). The highest BCUT2D eigenvalue weighted by atomic mass is 32.1. The molecule has 8 heteroatoms. The minimum absolute atomic E-state index is 0.164. The number of aromatic nitrogens is 2. The molecule has 0 spiro atoms. The fraction of sp³-hybridized carbons (Fsp3) is 0.222. The van der Waals surface area contributed by atoms with Gasteiger partial charge in [0.2, 0.25) is 5.91 Å². The van der Waals surface area contributed by atoms with Gasteiger partial charge < -0.3 is 10.1 Å². The number of para-hydroxylation sites is 1. The summed E-state index contributed by atoms with van der Waals surface area (Å²) >= 11 is 1.14. The lowest BCUT2D eigenvalue weighted by Crippen LogP contribution is -2.27. The maximum absolute atomic E-state index is 12.4. The third-order valence-corrected chi connectivity index (χ3v) is 4.82. The van der Waals surface area contributed by atoms with Crippen molar-refractivity contribution < 1.29 is 14.3 Å². The largest absolute Gasteiger partial charge is 0.462 e. The van der Waals surface area contributed by atoms with Gasteiger partial charge in [-0.1, -0.05) is 12.1 Å². The molecule has 2 aromatic heterocycles. The zero-order valence-electron chi connectivity index (χ0n) is 14.3. The molecule has 0 unspecified atom stereocenters. The first kappa shape index (κ1) is 17.8. The SMILES string of the molecule is CCOC(=O)c1sc(NC(=O)Cn2cnc3ccccc3c2=O)cc1C. The van der Waals surface area contributed by atoms with E-state index in [-0.39, 0.29) is 24.6 Å². The van der Waals surface area contributed by atoms with E-state index in [1.54, 1.807) is 44.2 Å². The van der Waals surface area contributed by atoms with Crippen LogP contribution in [-0.4, -0.2) is 28.0 Å². The van der Waals surface area contributed by atoms with Gasteiger partial charge in [0, 0.05) is 0 Å². The van der Waals surface area contributed by atoms with E-state index in [0.717, 1.165) is 16.9 Å². The predicted molar refractivity (Wildman–Crippen MR) is 99.6 cm³/mol. The Hall–Kier alpha value is -3.00. The van der Waals surface area contributed by atoms with Crippen molar-refractivity contribution in [3.8, 4) is 0 Å². The number of ether oxygens (including phenoxy) is 1. The van der Waals surface area contributed by atoms with Gasteiger partial charge in [-0.25, -0.2) is 9.78 Å². The maximum atomic E-state index is 12.4. The number of carbonyl (C=O) groups excluding carboxylic acids is 2. The summed E-state index contributed by atoms with van der Waals surface area (Å²) in [4.78, 5) is 41.2. The molecule has 1 aromatic carbocycles. The maximum Gasteiger partial charge on any atom is 0.348 e. The molecular formula is C18H17N3O4S. The van der Waals surface area contributed by atoms with Gasteiger partial charge in [-0.05, 0) is 37.6 Å². The molecule has 7 nitrogen and oxygen atoms in total. The van der Waals surface area contributed by atoms with Crippen LogP contribution in [0.3, 0.4) is 0 Å². The van der Waals surface area contributed by atoms with E-state index >= 15 is 0 Å². The average molecular weight is 371 g/mol. The summed E-state index contributed by atoms with van der Waals surface area (Å²) in [5, 5.41) is 3.69. The van der Waals surface area contributed by atoms with Crippen molar-refractivity contribution >= 4 is 39.1 Å². The number of nitrogens with one attached hydrogen (secondary N) is 1. The number of hydrogen-bond donors (Lipinski definition) is 1. The Morgan fingerprint density at radius 3 is 2.85 bits per heavy atom. The van der Waals surface area contributed by atoms with Crippen LogP contribution in [0, 0.1) is 6.92 Å². The first-order valence-electron chi connectivity index (χ1n) is 8.01. The lowest BCUT2D eigenvalue weighted by atomic mass is 10.2. The monoisotopic (exact) mass is 371 g/mol. The molecule has 0 aliphatic carbocycles. The number of hydrogen-bond acceptors (Lipinski definition) is 6. The lowest BCUT2D eigenvalue weighted by molar-refractivity contribution is -0.116. The molecule has 0 bridgehead atoms. The number of fused-ring (bicyclic) bond motifs is 1. The van der Waals surface area contributed by atoms with Crippen molar-refractivity contribution in [1.29, 1.82) is 0 Å². The van der Waals surface area contributed by atoms with Gasteiger partial charge in [-0.3, -0.25) is 14.2 Å². The Morgan fingerprint density at radius 2 is 2.08 bits per heavy atom. The van der Waals surface area contributed by atoms with Crippen LogP contribution in [0.15, 0.2) is 41.5 Å². The number of amides is 1. The van der Waals surface area contributed by atoms with Gasteiger partial charge in [-0.2, -0.15) is 0 Å². The zero-order valence-corrected chi connectivity index (χ0v) is 15.1. The topological polar surface area (TPSA) is 90.3 Å². The van der Waals surface area contributed by atoms with Crippen molar-refractivity contribution in [1.82, 2.24) is 9.55 Å². The van der Waals surface area contributed by atoms with Crippen LogP contribution in [0.4, 0.5) is 5.00 Å². The lowest BCUT2D eigenvalue weighted by Gasteiger charge is -2.06. The van der Waals surface area contributed by atoms with Gasteiger partial charge in [-0.15, -0.1) is 11.3 Å². The van der Waals surface area contributed by atoms with Gasteiger partial charge >= 0.3 is 5.97 Å². The number of nitrogens with zero attached hydrogens (tertiary/aromatic N) is 2. The average Bonchev–Trinajstić information content (AvgIpc) is 2.98. The highest BCUT2D eigenvalue weighted by Crippen LogP contribution is 2.27. The number of esters is 1. The van der Waals surface area contributed by atoms with Crippen LogP contribution in [-0.2, 0) is 16.1 Å². The molecule has 1 N–H and O–H groups in total. The highest BCUT2D eigenvalue weighted by Gasteiger charge is 2.16. The molecule has 2 heterocycles. The minimum Gasteiger partial charge on any atom is -0.462 e. The molecule has 0 saturated heterocycles. The van der Waals surface area contributed by atoms with Crippen LogP contribution in [0.25, 0.3) is 10.9 Å². The van der Waals surface area contributed by atoms with Gasteiger partial charge in [0.1, 0.15) is 11.4 Å². The van der Waals surface area contributed by atoms with Crippen LogP contribution in [0.2, 0.25) is 0 Å². The minimum atomic E-state index is -0.412. The van der Waals surface area contributed by atoms with Crippen LogP contribution in [0.5, 0.6) is 0 Å². The Balaban J connectivity index is 1.76. The summed E-state index contributed by atoms with van der Waals surface area (Å²) in [5.74, 6) is -0.786. The Morgan fingerprint density at radius 1 is 1.31 bits per heavy atom. The van der Waals surface area contributed by atoms with E-state index in [2.05, 4.69) is 10.3 Å². The second-order valence-electron chi connectivity index (χ2n) is 5.59. The normalized spacial score (nSPS) is 10.7. The molecule has 26 heavy (non-hydrogen) atoms. The van der Waals surface area contributed by atoms with Crippen LogP contribution in [0.1, 0.15) is 22.2 Å². The van der Waals surface area contributed by atoms with E-state index in [1.165, 1.54) is 10.9 Å². The van der Waals surface area contributed by atoms with Crippen molar-refractivity contribution in [2.75, 3.05) is 11.9 Å². The molecule has 3 aromatic rings. The molecule has 3 rings (SSSR count). The molecule has 134 valence electrons. The van der Waals surface area contributed by atoms with E-state index in [9.17, 15) is 14.4 Å². The molecule has 0 aliphatic heterocycles. The summed E-state index contributed by atoms with van der Waals surface area (Å²) in [7, 11) is 0. The second-order valence-corrected chi connectivity index (χ2v) is 6.64. The van der Waals surface area contributed by atoms with Crippen LogP contribution < -0.4 is 10.9 Å². The van der Waals surface area contributed by atoms with Gasteiger partial charge in [0.05, 0.1) is 28.8 Å². The smallest absolute Gasteiger partial charge is 0.348 e. The Bertz CT molecular complexity index is 1040. The molecule has 0 atom stereocenters. The van der Waals surface area contributed by atoms with Crippen molar-refractivity contribution in [2.24, 2.45) is 0 Å². The summed E-state index contributed by atoms with van der Waals surface area (Å²) in [6, 6.07) is 8.67. The third kappa shape index (κ3) is 3.65.